The minimum absolute atomic E-state index is 0.0149. The van der Waals surface area contributed by atoms with Gasteiger partial charge in [0.2, 0.25) is 0 Å². The van der Waals surface area contributed by atoms with Crippen molar-refractivity contribution in [3.8, 4) is 17.6 Å². The fourth-order valence-electron chi connectivity index (χ4n) is 3.63. The van der Waals surface area contributed by atoms with Gasteiger partial charge in [-0.15, -0.1) is 5.92 Å². The minimum Gasteiger partial charge on any atom is -0.489 e. The molecule has 32 heavy (non-hydrogen) atoms. The number of aromatic nitrogens is 2. The van der Waals surface area contributed by atoms with Crippen molar-refractivity contribution in [2.75, 3.05) is 0 Å². The molecule has 1 aromatic heterocycles. The van der Waals surface area contributed by atoms with Gasteiger partial charge in [-0.2, -0.15) is 5.10 Å². The Morgan fingerprint density at radius 3 is 2.56 bits per heavy atom. The Morgan fingerprint density at radius 1 is 1.06 bits per heavy atom. The van der Waals surface area contributed by atoms with Crippen LogP contribution < -0.4 is 4.74 Å². The molecule has 4 aromatic rings. The molecule has 0 aliphatic heterocycles. The number of benzene rings is 3. The van der Waals surface area contributed by atoms with Crippen LogP contribution >= 0.6 is 0 Å². The Labute approximate surface area is 187 Å². The molecule has 0 bridgehead atoms. The highest BCUT2D eigenvalue weighted by atomic mass is 16.5. The van der Waals surface area contributed by atoms with E-state index in [1.165, 1.54) is 5.56 Å². The lowest BCUT2D eigenvalue weighted by Crippen LogP contribution is -2.04. The van der Waals surface area contributed by atoms with Gasteiger partial charge in [0.25, 0.3) is 0 Å². The average molecular weight is 425 g/mol. The van der Waals surface area contributed by atoms with Gasteiger partial charge in [-0.1, -0.05) is 54.5 Å². The molecule has 0 spiro atoms. The van der Waals surface area contributed by atoms with Crippen LogP contribution in [0.25, 0.3) is 10.9 Å². The second-order valence-corrected chi connectivity index (χ2v) is 7.61. The molecule has 0 aliphatic rings. The molecule has 1 atom stereocenters. The number of carboxylic acid groups (broad SMARTS) is 1. The van der Waals surface area contributed by atoms with Crippen LogP contribution in [0, 0.1) is 11.8 Å². The molecule has 4 rings (SSSR count). The van der Waals surface area contributed by atoms with Crippen LogP contribution in [0.5, 0.6) is 5.75 Å². The summed E-state index contributed by atoms with van der Waals surface area (Å²) in [5, 5.41) is 14.8. The van der Waals surface area contributed by atoms with Crippen molar-refractivity contribution >= 4 is 16.9 Å². The summed E-state index contributed by atoms with van der Waals surface area (Å²) in [7, 11) is 0. The van der Waals surface area contributed by atoms with Crippen molar-refractivity contribution in [2.45, 2.75) is 32.4 Å². The highest BCUT2D eigenvalue weighted by Gasteiger charge is 2.13. The van der Waals surface area contributed by atoms with E-state index in [1.54, 1.807) is 6.92 Å². The monoisotopic (exact) mass is 424 g/mol. The number of rotatable bonds is 8. The summed E-state index contributed by atoms with van der Waals surface area (Å²) < 4.78 is 7.89. The zero-order valence-electron chi connectivity index (χ0n) is 17.9. The second kappa shape index (κ2) is 9.84. The number of ether oxygens (including phenoxy) is 1. The predicted molar refractivity (Wildman–Crippen MR) is 124 cm³/mol. The number of nitrogens with zero attached hydrogens (tertiary/aromatic N) is 2. The van der Waals surface area contributed by atoms with Crippen molar-refractivity contribution in [1.29, 1.82) is 0 Å². The van der Waals surface area contributed by atoms with Gasteiger partial charge in [-0.25, -0.2) is 0 Å². The topological polar surface area (TPSA) is 64.3 Å². The van der Waals surface area contributed by atoms with E-state index in [0.717, 1.165) is 34.3 Å². The lowest BCUT2D eigenvalue weighted by atomic mass is 9.96. The number of hydrogen-bond donors (Lipinski definition) is 1. The zero-order valence-corrected chi connectivity index (χ0v) is 17.9. The summed E-state index contributed by atoms with van der Waals surface area (Å²) in [6.45, 7) is 2.89. The third-order valence-corrected chi connectivity index (χ3v) is 5.19. The molecule has 1 unspecified atom stereocenters. The summed E-state index contributed by atoms with van der Waals surface area (Å²) in [6, 6.07) is 23.9. The Morgan fingerprint density at radius 2 is 1.84 bits per heavy atom. The van der Waals surface area contributed by atoms with E-state index in [9.17, 15) is 4.79 Å². The maximum Gasteiger partial charge on any atom is 0.304 e. The zero-order chi connectivity index (χ0) is 22.3. The van der Waals surface area contributed by atoms with Gasteiger partial charge in [0.15, 0.2) is 0 Å². The molecule has 0 aliphatic carbocycles. The van der Waals surface area contributed by atoms with Crippen LogP contribution in [0.3, 0.4) is 0 Å². The van der Waals surface area contributed by atoms with Crippen LogP contribution in [0.2, 0.25) is 0 Å². The van der Waals surface area contributed by atoms with Gasteiger partial charge in [0, 0.05) is 11.6 Å². The van der Waals surface area contributed by atoms with E-state index in [-0.39, 0.29) is 12.3 Å². The quantitative estimate of drug-likeness (QED) is 0.393. The molecule has 3 aromatic carbocycles. The van der Waals surface area contributed by atoms with E-state index < -0.39 is 5.97 Å². The van der Waals surface area contributed by atoms with Gasteiger partial charge in [0.05, 0.1) is 24.4 Å². The fourth-order valence-corrected chi connectivity index (χ4v) is 3.63. The van der Waals surface area contributed by atoms with Gasteiger partial charge in [0.1, 0.15) is 12.4 Å². The van der Waals surface area contributed by atoms with Gasteiger partial charge in [-0.3, -0.25) is 9.48 Å². The maximum atomic E-state index is 11.1. The number of carbonyl (C=O) groups is 1. The molecule has 1 N–H and O–H groups in total. The number of carboxylic acids is 1. The van der Waals surface area contributed by atoms with Crippen molar-refractivity contribution < 1.29 is 14.6 Å². The highest BCUT2D eigenvalue weighted by molar-refractivity contribution is 5.78. The van der Waals surface area contributed by atoms with E-state index in [0.29, 0.717) is 6.61 Å². The predicted octanol–water partition coefficient (Wildman–Crippen LogP) is 5.25. The van der Waals surface area contributed by atoms with E-state index in [1.807, 2.05) is 59.3 Å². The standard InChI is InChI=1S/C27H24N2O3/c1-2-6-23(16-27(30)31)22-10-12-25(13-11-22)32-19-21-9-14-26-24(15-21)18-29(28-26)17-20-7-4-3-5-8-20/h3-5,7-15,18,23H,16-17,19H2,1H3,(H,30,31). The first-order valence-corrected chi connectivity index (χ1v) is 10.5. The number of hydrogen-bond acceptors (Lipinski definition) is 3. The molecule has 160 valence electrons. The normalized spacial score (nSPS) is 11.5. The molecular weight excluding hydrogens is 400 g/mol. The lowest BCUT2D eigenvalue weighted by Gasteiger charge is -2.11. The SMILES string of the molecule is CC#CC(CC(=O)O)c1ccc(OCc2ccc3nn(Cc4ccccc4)cc3c2)cc1. The molecule has 0 amide bonds. The van der Waals surface area contributed by atoms with E-state index in [2.05, 4.69) is 41.3 Å². The van der Waals surface area contributed by atoms with Gasteiger partial charge < -0.3 is 9.84 Å². The van der Waals surface area contributed by atoms with Crippen molar-refractivity contribution in [2.24, 2.45) is 0 Å². The molecule has 0 radical (unpaired) electrons. The lowest BCUT2D eigenvalue weighted by molar-refractivity contribution is -0.137. The number of aliphatic carboxylic acids is 1. The first kappa shape index (κ1) is 21.2. The van der Waals surface area contributed by atoms with Crippen molar-refractivity contribution in [1.82, 2.24) is 9.78 Å². The minimum atomic E-state index is -0.861. The van der Waals surface area contributed by atoms with Crippen molar-refractivity contribution in [3.05, 3.63) is 95.7 Å². The molecule has 5 heteroatoms. The second-order valence-electron chi connectivity index (χ2n) is 7.61. The molecule has 0 fully saturated rings. The van der Waals surface area contributed by atoms with Crippen molar-refractivity contribution in [3.63, 3.8) is 0 Å². The van der Waals surface area contributed by atoms with E-state index >= 15 is 0 Å². The summed E-state index contributed by atoms with van der Waals surface area (Å²) >= 11 is 0. The molecular formula is C27H24N2O3. The van der Waals surface area contributed by atoms with Crippen LogP contribution in [0.1, 0.15) is 36.0 Å². The smallest absolute Gasteiger partial charge is 0.304 e. The Bertz CT molecular complexity index is 1270. The maximum absolute atomic E-state index is 11.1. The Hall–Kier alpha value is -4.04. The third-order valence-electron chi connectivity index (χ3n) is 5.19. The summed E-state index contributed by atoms with van der Waals surface area (Å²) in [5.74, 6) is 5.32. The highest BCUT2D eigenvalue weighted by Crippen LogP contribution is 2.23. The molecule has 1 heterocycles. The third kappa shape index (κ3) is 5.35. The van der Waals surface area contributed by atoms with Gasteiger partial charge >= 0.3 is 5.97 Å². The van der Waals surface area contributed by atoms with Crippen LogP contribution in [0.4, 0.5) is 0 Å². The first-order chi connectivity index (χ1) is 15.6. The summed E-state index contributed by atoms with van der Waals surface area (Å²) in [5.41, 5.74) is 4.10. The molecule has 0 saturated carbocycles. The fraction of sp³-hybridized carbons (Fsp3) is 0.185. The molecule has 5 nitrogen and oxygen atoms in total. The van der Waals surface area contributed by atoms with Crippen LogP contribution in [-0.2, 0) is 17.9 Å². The van der Waals surface area contributed by atoms with Crippen LogP contribution in [0.15, 0.2) is 79.0 Å². The average Bonchev–Trinajstić information content (AvgIpc) is 3.19. The van der Waals surface area contributed by atoms with Gasteiger partial charge in [-0.05, 0) is 47.9 Å². The molecule has 0 saturated heterocycles. The summed E-state index contributed by atoms with van der Waals surface area (Å²) in [4.78, 5) is 11.1. The van der Waals surface area contributed by atoms with E-state index in [4.69, 9.17) is 9.84 Å². The number of fused-ring (bicyclic) bond motifs is 1. The summed E-state index contributed by atoms with van der Waals surface area (Å²) in [6.07, 6.45) is 2.04. The van der Waals surface area contributed by atoms with Crippen LogP contribution in [-0.4, -0.2) is 20.9 Å². The first-order valence-electron chi connectivity index (χ1n) is 10.5. The largest absolute Gasteiger partial charge is 0.489 e. The Kier molecular flexibility index (Phi) is 6.52. The Balaban J connectivity index is 1.41.